The van der Waals surface area contributed by atoms with Crippen LogP contribution in [0.5, 0.6) is 0 Å². The van der Waals surface area contributed by atoms with Crippen molar-refractivity contribution in [3.05, 3.63) is 36.0 Å². The Hall–Kier alpha value is -1.95. The van der Waals surface area contributed by atoms with E-state index < -0.39 is 0 Å². The lowest BCUT2D eigenvalue weighted by Gasteiger charge is -2.35. The van der Waals surface area contributed by atoms with Crippen molar-refractivity contribution in [2.45, 2.75) is 13.5 Å². The highest BCUT2D eigenvalue weighted by Gasteiger charge is 2.18. The first kappa shape index (κ1) is 13.1. The van der Waals surface area contributed by atoms with Crippen LogP contribution in [0.2, 0.25) is 0 Å². The van der Waals surface area contributed by atoms with E-state index in [-0.39, 0.29) is 0 Å². The molecule has 6 heteroatoms. The maximum absolute atomic E-state index is 4.49. The van der Waals surface area contributed by atoms with E-state index in [1.165, 1.54) is 5.56 Å². The molecule has 0 radical (unpaired) electrons. The predicted octanol–water partition coefficient (Wildman–Crippen LogP) is 0.841. The van der Waals surface area contributed by atoms with Crippen molar-refractivity contribution in [3.63, 3.8) is 0 Å². The fourth-order valence-electron chi connectivity index (χ4n) is 2.57. The maximum Gasteiger partial charge on any atom is 0.132 e. The molecule has 106 valence electrons. The Morgan fingerprint density at radius 3 is 2.65 bits per heavy atom. The van der Waals surface area contributed by atoms with Gasteiger partial charge in [0.25, 0.3) is 0 Å². The van der Waals surface area contributed by atoms with Gasteiger partial charge < -0.3 is 4.90 Å². The van der Waals surface area contributed by atoms with Gasteiger partial charge in [0.05, 0.1) is 6.20 Å². The lowest BCUT2D eigenvalue weighted by atomic mass is 10.2. The second kappa shape index (κ2) is 5.58. The van der Waals surface area contributed by atoms with Crippen LogP contribution in [-0.2, 0) is 13.6 Å². The van der Waals surface area contributed by atoms with Crippen LogP contribution in [0.25, 0.3) is 0 Å². The third kappa shape index (κ3) is 2.96. The minimum Gasteiger partial charge on any atom is -0.354 e. The Bertz CT molecular complexity index is 571. The third-order valence-electron chi connectivity index (χ3n) is 3.62. The highest BCUT2D eigenvalue weighted by Crippen LogP contribution is 2.14. The van der Waals surface area contributed by atoms with Crippen LogP contribution < -0.4 is 4.90 Å². The van der Waals surface area contributed by atoms with Gasteiger partial charge in [0, 0.05) is 57.7 Å². The molecule has 0 bridgehead atoms. The molecular formula is C14H20N6. The lowest BCUT2D eigenvalue weighted by Crippen LogP contribution is -2.46. The van der Waals surface area contributed by atoms with Crippen molar-refractivity contribution in [1.82, 2.24) is 24.6 Å². The number of aryl methyl sites for hydroxylation is 2. The molecule has 1 fully saturated rings. The summed E-state index contributed by atoms with van der Waals surface area (Å²) in [5.41, 5.74) is 1.28. The van der Waals surface area contributed by atoms with Crippen molar-refractivity contribution in [2.75, 3.05) is 31.1 Å². The van der Waals surface area contributed by atoms with E-state index >= 15 is 0 Å². The van der Waals surface area contributed by atoms with Crippen LogP contribution in [0.3, 0.4) is 0 Å². The molecule has 3 rings (SSSR count). The molecule has 0 aliphatic carbocycles. The Morgan fingerprint density at radius 2 is 2.00 bits per heavy atom. The van der Waals surface area contributed by atoms with Crippen LogP contribution in [0, 0.1) is 6.92 Å². The second-order valence-electron chi connectivity index (χ2n) is 5.25. The van der Waals surface area contributed by atoms with Crippen LogP contribution in [0.15, 0.2) is 24.7 Å². The zero-order chi connectivity index (χ0) is 13.9. The van der Waals surface area contributed by atoms with Crippen LogP contribution in [0.4, 0.5) is 5.82 Å². The van der Waals surface area contributed by atoms with Gasteiger partial charge in [-0.15, -0.1) is 0 Å². The van der Waals surface area contributed by atoms with E-state index in [1.54, 1.807) is 0 Å². The Kier molecular flexibility index (Phi) is 3.64. The van der Waals surface area contributed by atoms with Gasteiger partial charge in [-0.3, -0.25) is 9.58 Å². The summed E-state index contributed by atoms with van der Waals surface area (Å²) in [7, 11) is 1.96. The van der Waals surface area contributed by atoms with Crippen molar-refractivity contribution in [3.8, 4) is 0 Å². The van der Waals surface area contributed by atoms with Gasteiger partial charge in [-0.25, -0.2) is 9.97 Å². The zero-order valence-corrected chi connectivity index (χ0v) is 12.0. The minimum absolute atomic E-state index is 0.834. The van der Waals surface area contributed by atoms with Crippen molar-refractivity contribution in [2.24, 2.45) is 7.05 Å². The fourth-order valence-corrected chi connectivity index (χ4v) is 2.57. The maximum atomic E-state index is 4.49. The van der Waals surface area contributed by atoms with Gasteiger partial charge in [0.2, 0.25) is 0 Å². The molecule has 1 aliphatic heterocycles. The van der Waals surface area contributed by atoms with Crippen LogP contribution in [0.1, 0.15) is 11.4 Å². The average molecular weight is 272 g/mol. The molecule has 1 aliphatic rings. The summed E-state index contributed by atoms with van der Waals surface area (Å²) < 4.78 is 1.86. The van der Waals surface area contributed by atoms with Gasteiger partial charge in [0.1, 0.15) is 11.6 Å². The van der Waals surface area contributed by atoms with E-state index in [1.807, 2.05) is 37.1 Å². The summed E-state index contributed by atoms with van der Waals surface area (Å²) in [5.74, 6) is 1.87. The quantitative estimate of drug-likeness (QED) is 0.829. The zero-order valence-electron chi connectivity index (χ0n) is 12.0. The van der Waals surface area contributed by atoms with Gasteiger partial charge in [-0.05, 0) is 13.0 Å². The van der Waals surface area contributed by atoms with Crippen molar-refractivity contribution >= 4 is 5.82 Å². The molecule has 0 saturated carbocycles. The van der Waals surface area contributed by atoms with E-state index in [4.69, 9.17) is 0 Å². The number of rotatable bonds is 3. The first-order valence-electron chi connectivity index (χ1n) is 6.95. The molecule has 0 unspecified atom stereocenters. The molecule has 0 N–H and O–H groups in total. The molecule has 2 aromatic rings. The number of piperazine rings is 1. The monoisotopic (exact) mass is 272 g/mol. The number of aromatic nitrogens is 4. The highest BCUT2D eigenvalue weighted by molar-refractivity contribution is 5.37. The molecular weight excluding hydrogens is 252 g/mol. The van der Waals surface area contributed by atoms with E-state index in [0.717, 1.165) is 44.4 Å². The van der Waals surface area contributed by atoms with Crippen LogP contribution in [-0.4, -0.2) is 50.8 Å². The molecule has 0 atom stereocenters. The summed E-state index contributed by atoms with van der Waals surface area (Å²) in [6, 6.07) is 1.99. The number of hydrogen-bond donors (Lipinski definition) is 0. The number of anilines is 1. The smallest absolute Gasteiger partial charge is 0.132 e. The van der Waals surface area contributed by atoms with E-state index in [9.17, 15) is 0 Å². The summed E-state index contributed by atoms with van der Waals surface area (Å²) in [6.07, 6.45) is 5.86. The van der Waals surface area contributed by atoms with E-state index in [2.05, 4.69) is 31.1 Å². The van der Waals surface area contributed by atoms with Crippen molar-refractivity contribution in [1.29, 1.82) is 0 Å². The SMILES string of the molecule is Cc1nccc(N2CCN(Cc3cnn(C)c3)CC2)n1. The molecule has 1 saturated heterocycles. The average Bonchev–Trinajstić information content (AvgIpc) is 2.85. The Balaban J connectivity index is 1.57. The highest BCUT2D eigenvalue weighted by atomic mass is 15.3. The minimum atomic E-state index is 0.834. The molecule has 6 nitrogen and oxygen atoms in total. The molecule has 0 aromatic carbocycles. The van der Waals surface area contributed by atoms with E-state index in [0.29, 0.717) is 0 Å². The molecule has 0 amide bonds. The van der Waals surface area contributed by atoms with Gasteiger partial charge in [0.15, 0.2) is 0 Å². The third-order valence-corrected chi connectivity index (χ3v) is 3.62. The molecule has 2 aromatic heterocycles. The predicted molar refractivity (Wildman–Crippen MR) is 77.5 cm³/mol. The van der Waals surface area contributed by atoms with Crippen LogP contribution >= 0.6 is 0 Å². The van der Waals surface area contributed by atoms with Gasteiger partial charge in [-0.2, -0.15) is 5.10 Å². The van der Waals surface area contributed by atoms with Gasteiger partial charge >= 0.3 is 0 Å². The first-order valence-corrected chi connectivity index (χ1v) is 6.95. The lowest BCUT2D eigenvalue weighted by molar-refractivity contribution is 0.249. The van der Waals surface area contributed by atoms with Gasteiger partial charge in [-0.1, -0.05) is 0 Å². The largest absolute Gasteiger partial charge is 0.354 e. The summed E-state index contributed by atoms with van der Waals surface area (Å²) in [4.78, 5) is 13.4. The summed E-state index contributed by atoms with van der Waals surface area (Å²) in [5, 5.41) is 4.22. The number of hydrogen-bond acceptors (Lipinski definition) is 5. The molecule has 20 heavy (non-hydrogen) atoms. The number of nitrogens with zero attached hydrogens (tertiary/aromatic N) is 6. The fraction of sp³-hybridized carbons (Fsp3) is 0.500. The normalized spacial score (nSPS) is 16.6. The topological polar surface area (TPSA) is 50.1 Å². The molecule has 3 heterocycles. The van der Waals surface area contributed by atoms with Crippen molar-refractivity contribution < 1.29 is 0 Å². The second-order valence-corrected chi connectivity index (χ2v) is 5.25. The standard InChI is InChI=1S/C14H20N6/c1-12-15-4-3-14(17-12)20-7-5-19(6-8-20)11-13-9-16-18(2)10-13/h3-4,9-10H,5-8,11H2,1-2H3. The summed E-state index contributed by atoms with van der Waals surface area (Å²) >= 11 is 0. The molecule has 0 spiro atoms. The first-order chi connectivity index (χ1) is 9.70. The Morgan fingerprint density at radius 1 is 1.20 bits per heavy atom. The Labute approximate surface area is 119 Å². The summed E-state index contributed by atoms with van der Waals surface area (Å²) in [6.45, 7) is 7.04.